The summed E-state index contributed by atoms with van der Waals surface area (Å²) in [6, 6.07) is 0.447. The molecular weight excluding hydrogens is 174 g/mol. The minimum Gasteiger partial charge on any atom is -0.380 e. The van der Waals surface area contributed by atoms with E-state index in [0.29, 0.717) is 18.1 Å². The van der Waals surface area contributed by atoms with Crippen LogP contribution in [0.2, 0.25) is 0 Å². The summed E-state index contributed by atoms with van der Waals surface area (Å²) in [6.45, 7) is 11.3. The zero-order valence-electron chi connectivity index (χ0n) is 10.0. The standard InChI is InChI=1S/C12H25NO/c1-6-8-9-11(13-7-2)12(14-5)10(3)4/h6,10-13H,1,7-9H2,2-5H3. The lowest BCUT2D eigenvalue weighted by molar-refractivity contribution is 0.0314. The van der Waals surface area contributed by atoms with Crippen LogP contribution in [0.3, 0.4) is 0 Å². The lowest BCUT2D eigenvalue weighted by atomic mass is 9.96. The minimum atomic E-state index is 0.301. The number of hydrogen-bond acceptors (Lipinski definition) is 2. The molecule has 2 heteroatoms. The average molecular weight is 199 g/mol. The highest BCUT2D eigenvalue weighted by Crippen LogP contribution is 2.14. The molecule has 0 bridgehead atoms. The molecule has 0 aromatic heterocycles. The Labute approximate surface area is 88.7 Å². The van der Waals surface area contributed by atoms with Crippen molar-refractivity contribution in [3.63, 3.8) is 0 Å². The van der Waals surface area contributed by atoms with Crippen LogP contribution in [0.25, 0.3) is 0 Å². The Kier molecular flexibility index (Phi) is 7.81. The minimum absolute atomic E-state index is 0.301. The number of likely N-dealkylation sites (N-methyl/N-ethyl adjacent to an activating group) is 1. The van der Waals surface area contributed by atoms with Crippen LogP contribution in [0.4, 0.5) is 0 Å². The Morgan fingerprint density at radius 1 is 1.43 bits per heavy atom. The van der Waals surface area contributed by atoms with E-state index in [1.165, 1.54) is 0 Å². The first-order valence-corrected chi connectivity index (χ1v) is 5.54. The van der Waals surface area contributed by atoms with Gasteiger partial charge in [0.25, 0.3) is 0 Å². The topological polar surface area (TPSA) is 21.3 Å². The predicted molar refractivity (Wildman–Crippen MR) is 62.5 cm³/mol. The molecule has 2 nitrogen and oxygen atoms in total. The van der Waals surface area contributed by atoms with Crippen molar-refractivity contribution in [2.24, 2.45) is 5.92 Å². The molecule has 14 heavy (non-hydrogen) atoms. The van der Waals surface area contributed by atoms with Gasteiger partial charge in [0, 0.05) is 13.2 Å². The lowest BCUT2D eigenvalue weighted by Crippen LogP contribution is -2.43. The molecule has 0 aliphatic rings. The zero-order chi connectivity index (χ0) is 11.0. The Balaban J connectivity index is 4.18. The Bertz CT molecular complexity index is 145. The van der Waals surface area contributed by atoms with Crippen molar-refractivity contribution in [1.82, 2.24) is 5.32 Å². The van der Waals surface area contributed by atoms with Gasteiger partial charge in [-0.3, -0.25) is 0 Å². The number of ether oxygens (including phenoxy) is 1. The van der Waals surface area contributed by atoms with Gasteiger partial charge in [-0.05, 0) is 25.3 Å². The summed E-state index contributed by atoms with van der Waals surface area (Å²) in [5.41, 5.74) is 0. The van der Waals surface area contributed by atoms with Gasteiger partial charge in [0.05, 0.1) is 6.10 Å². The van der Waals surface area contributed by atoms with Gasteiger partial charge in [0.2, 0.25) is 0 Å². The largest absolute Gasteiger partial charge is 0.380 e. The van der Waals surface area contributed by atoms with E-state index < -0.39 is 0 Å². The van der Waals surface area contributed by atoms with Gasteiger partial charge in [-0.25, -0.2) is 0 Å². The maximum absolute atomic E-state index is 5.53. The molecule has 84 valence electrons. The monoisotopic (exact) mass is 199 g/mol. The molecule has 2 atom stereocenters. The Morgan fingerprint density at radius 3 is 2.43 bits per heavy atom. The number of methoxy groups -OCH3 is 1. The summed E-state index contributed by atoms with van der Waals surface area (Å²) >= 11 is 0. The summed E-state index contributed by atoms with van der Waals surface area (Å²) in [4.78, 5) is 0. The third-order valence-electron chi connectivity index (χ3n) is 2.47. The third kappa shape index (κ3) is 4.77. The van der Waals surface area contributed by atoms with Crippen molar-refractivity contribution < 1.29 is 4.74 Å². The van der Waals surface area contributed by atoms with Crippen LogP contribution in [0, 0.1) is 5.92 Å². The number of hydrogen-bond donors (Lipinski definition) is 1. The van der Waals surface area contributed by atoms with E-state index in [2.05, 4.69) is 32.7 Å². The third-order valence-corrected chi connectivity index (χ3v) is 2.47. The fraction of sp³-hybridized carbons (Fsp3) is 0.833. The predicted octanol–water partition coefficient (Wildman–Crippen LogP) is 2.60. The Hall–Kier alpha value is -0.340. The summed E-state index contributed by atoms with van der Waals surface area (Å²) in [7, 11) is 1.79. The molecule has 2 unspecified atom stereocenters. The molecule has 0 rings (SSSR count). The van der Waals surface area contributed by atoms with Gasteiger partial charge in [0.15, 0.2) is 0 Å². The van der Waals surface area contributed by atoms with E-state index in [9.17, 15) is 0 Å². The average Bonchev–Trinajstić information content (AvgIpc) is 2.14. The van der Waals surface area contributed by atoms with Crippen molar-refractivity contribution >= 4 is 0 Å². The van der Waals surface area contributed by atoms with Crippen molar-refractivity contribution in [2.45, 2.75) is 45.8 Å². The molecule has 0 aliphatic heterocycles. The highest BCUT2D eigenvalue weighted by atomic mass is 16.5. The maximum atomic E-state index is 5.53. The van der Waals surface area contributed by atoms with E-state index >= 15 is 0 Å². The first-order chi connectivity index (χ1) is 6.67. The molecule has 0 fully saturated rings. The highest BCUT2D eigenvalue weighted by Gasteiger charge is 2.22. The van der Waals surface area contributed by atoms with Crippen LogP contribution in [0.5, 0.6) is 0 Å². The van der Waals surface area contributed by atoms with Crippen molar-refractivity contribution in [1.29, 1.82) is 0 Å². The van der Waals surface area contributed by atoms with E-state index in [4.69, 9.17) is 4.74 Å². The molecule has 0 amide bonds. The van der Waals surface area contributed by atoms with Crippen LogP contribution < -0.4 is 5.32 Å². The number of rotatable bonds is 8. The van der Waals surface area contributed by atoms with Crippen LogP contribution >= 0.6 is 0 Å². The summed E-state index contributed by atoms with van der Waals surface area (Å²) in [6.07, 6.45) is 4.42. The summed E-state index contributed by atoms with van der Waals surface area (Å²) < 4.78 is 5.53. The Morgan fingerprint density at radius 2 is 2.07 bits per heavy atom. The van der Waals surface area contributed by atoms with Gasteiger partial charge in [-0.2, -0.15) is 0 Å². The van der Waals surface area contributed by atoms with Gasteiger partial charge in [0.1, 0.15) is 0 Å². The summed E-state index contributed by atoms with van der Waals surface area (Å²) in [5.74, 6) is 0.550. The second-order valence-corrected chi connectivity index (χ2v) is 3.97. The fourth-order valence-corrected chi connectivity index (χ4v) is 1.84. The zero-order valence-corrected chi connectivity index (χ0v) is 10.0. The second kappa shape index (κ2) is 8.01. The first kappa shape index (κ1) is 13.7. The quantitative estimate of drug-likeness (QED) is 0.607. The van der Waals surface area contributed by atoms with E-state index in [-0.39, 0.29) is 0 Å². The molecule has 0 aromatic rings. The normalized spacial score (nSPS) is 15.5. The van der Waals surface area contributed by atoms with Crippen LogP contribution in [-0.4, -0.2) is 25.8 Å². The molecule has 0 aliphatic carbocycles. The van der Waals surface area contributed by atoms with Gasteiger partial charge in [-0.1, -0.05) is 26.8 Å². The molecule has 0 saturated heterocycles. The molecule has 0 spiro atoms. The van der Waals surface area contributed by atoms with E-state index in [1.54, 1.807) is 7.11 Å². The van der Waals surface area contributed by atoms with Gasteiger partial charge >= 0.3 is 0 Å². The second-order valence-electron chi connectivity index (χ2n) is 3.97. The molecule has 0 saturated carbocycles. The van der Waals surface area contributed by atoms with Gasteiger partial charge < -0.3 is 10.1 Å². The van der Waals surface area contributed by atoms with Crippen LogP contribution in [0.1, 0.15) is 33.6 Å². The highest BCUT2D eigenvalue weighted by molar-refractivity contribution is 4.82. The molecule has 0 radical (unpaired) electrons. The van der Waals surface area contributed by atoms with Crippen LogP contribution in [0.15, 0.2) is 12.7 Å². The van der Waals surface area contributed by atoms with E-state index in [1.807, 2.05) is 6.08 Å². The SMILES string of the molecule is C=CCCC(NCC)C(OC)C(C)C. The van der Waals surface area contributed by atoms with E-state index in [0.717, 1.165) is 19.4 Å². The van der Waals surface area contributed by atoms with Crippen molar-refractivity contribution in [3.8, 4) is 0 Å². The van der Waals surface area contributed by atoms with Crippen molar-refractivity contribution in [2.75, 3.05) is 13.7 Å². The van der Waals surface area contributed by atoms with Crippen molar-refractivity contribution in [3.05, 3.63) is 12.7 Å². The summed E-state index contributed by atoms with van der Waals surface area (Å²) in [5, 5.41) is 3.48. The molecule has 0 heterocycles. The lowest BCUT2D eigenvalue weighted by Gasteiger charge is -2.29. The molecule has 1 N–H and O–H groups in total. The fourth-order valence-electron chi connectivity index (χ4n) is 1.84. The molecular formula is C12H25NO. The number of allylic oxidation sites excluding steroid dienone is 1. The smallest absolute Gasteiger partial charge is 0.0747 e. The van der Waals surface area contributed by atoms with Gasteiger partial charge in [-0.15, -0.1) is 6.58 Å². The number of nitrogens with one attached hydrogen (secondary N) is 1. The van der Waals surface area contributed by atoms with Crippen LogP contribution in [-0.2, 0) is 4.74 Å². The molecule has 0 aromatic carbocycles. The maximum Gasteiger partial charge on any atom is 0.0747 e. The first-order valence-electron chi connectivity index (χ1n) is 5.54.